The molecule has 5 heteroatoms. The van der Waals surface area contributed by atoms with Crippen LogP contribution in [0.3, 0.4) is 0 Å². The third-order valence-corrected chi connectivity index (χ3v) is 5.94. The molecule has 2 fully saturated rings. The number of carbonyl (C=O) groups is 3. The van der Waals surface area contributed by atoms with Crippen LogP contribution in [0.4, 0.5) is 0 Å². The van der Waals surface area contributed by atoms with Gasteiger partial charge in [0.05, 0.1) is 11.8 Å². The van der Waals surface area contributed by atoms with E-state index >= 15 is 0 Å². The van der Waals surface area contributed by atoms with E-state index in [0.717, 1.165) is 38.5 Å². The summed E-state index contributed by atoms with van der Waals surface area (Å²) in [4.78, 5) is 38.2. The summed E-state index contributed by atoms with van der Waals surface area (Å²) < 4.78 is 0. The van der Waals surface area contributed by atoms with Gasteiger partial charge in [0.1, 0.15) is 0 Å². The zero-order chi connectivity index (χ0) is 19.4. The van der Waals surface area contributed by atoms with Crippen LogP contribution < -0.4 is 5.32 Å². The van der Waals surface area contributed by atoms with Gasteiger partial charge in [-0.1, -0.05) is 36.6 Å². The van der Waals surface area contributed by atoms with Gasteiger partial charge in [-0.15, -0.1) is 0 Å². The molecule has 2 atom stereocenters. The highest BCUT2D eigenvalue weighted by Gasteiger charge is 2.47. The number of amides is 3. The van der Waals surface area contributed by atoms with Gasteiger partial charge in [-0.05, 0) is 50.7 Å². The number of hydrogen-bond acceptors (Lipinski definition) is 3. The van der Waals surface area contributed by atoms with Crippen LogP contribution >= 0.6 is 0 Å². The standard InChI is InChI=1S/C22H30N2O3/c1-15-9-10-17(16(2)14-15)6-5-12-23-20(25)11-13-24-21(26)18-7-3-4-8-19(18)22(24)27/h9-10,14,18-19H,3-8,11-13H2,1-2H3,(H,23,25)/t18-,19-/m0/s1. The van der Waals surface area contributed by atoms with Gasteiger partial charge in [0.15, 0.2) is 0 Å². The van der Waals surface area contributed by atoms with Crippen LogP contribution in [0.25, 0.3) is 0 Å². The zero-order valence-corrected chi connectivity index (χ0v) is 16.4. The normalized spacial score (nSPS) is 22.1. The van der Waals surface area contributed by atoms with Gasteiger partial charge >= 0.3 is 0 Å². The van der Waals surface area contributed by atoms with E-state index in [1.807, 2.05) is 0 Å². The van der Waals surface area contributed by atoms with Crippen LogP contribution in [0.5, 0.6) is 0 Å². The van der Waals surface area contributed by atoms with E-state index in [1.165, 1.54) is 21.6 Å². The van der Waals surface area contributed by atoms with Gasteiger partial charge in [0.2, 0.25) is 17.7 Å². The monoisotopic (exact) mass is 370 g/mol. The molecule has 1 aliphatic carbocycles. The van der Waals surface area contributed by atoms with Crippen LogP contribution in [0.1, 0.15) is 55.2 Å². The van der Waals surface area contributed by atoms with Gasteiger partial charge < -0.3 is 5.32 Å². The van der Waals surface area contributed by atoms with Gasteiger partial charge in [0, 0.05) is 19.5 Å². The van der Waals surface area contributed by atoms with Crippen molar-refractivity contribution in [2.45, 2.75) is 58.8 Å². The van der Waals surface area contributed by atoms with Gasteiger partial charge in [0.25, 0.3) is 0 Å². The molecule has 2 aliphatic rings. The number of rotatable bonds is 7. The topological polar surface area (TPSA) is 66.5 Å². The van der Waals surface area contributed by atoms with E-state index in [-0.39, 0.29) is 42.5 Å². The number of nitrogens with one attached hydrogen (secondary N) is 1. The number of nitrogens with zero attached hydrogens (tertiary/aromatic N) is 1. The van der Waals surface area contributed by atoms with Crippen molar-refractivity contribution in [3.8, 4) is 0 Å². The Balaban J connectivity index is 1.38. The lowest BCUT2D eigenvalue weighted by Gasteiger charge is -2.19. The number of fused-ring (bicyclic) bond motifs is 1. The molecule has 1 N–H and O–H groups in total. The average molecular weight is 370 g/mol. The molecule has 0 spiro atoms. The van der Waals surface area contributed by atoms with Crippen molar-refractivity contribution in [1.29, 1.82) is 0 Å². The summed E-state index contributed by atoms with van der Waals surface area (Å²) in [7, 11) is 0. The van der Waals surface area contributed by atoms with Crippen LogP contribution in [0, 0.1) is 25.7 Å². The summed E-state index contributed by atoms with van der Waals surface area (Å²) in [5.74, 6) is -0.482. The molecule has 1 aromatic carbocycles. The van der Waals surface area contributed by atoms with E-state index in [4.69, 9.17) is 0 Å². The zero-order valence-electron chi connectivity index (χ0n) is 16.4. The number of likely N-dealkylation sites (tertiary alicyclic amines) is 1. The molecular weight excluding hydrogens is 340 g/mol. The van der Waals surface area contributed by atoms with Crippen molar-refractivity contribution in [1.82, 2.24) is 10.2 Å². The fourth-order valence-corrected chi connectivity index (χ4v) is 4.39. The van der Waals surface area contributed by atoms with E-state index in [2.05, 4.69) is 37.4 Å². The summed E-state index contributed by atoms with van der Waals surface area (Å²) in [6, 6.07) is 6.44. The number of benzene rings is 1. The molecule has 0 unspecified atom stereocenters. The largest absolute Gasteiger partial charge is 0.356 e. The molecule has 0 bridgehead atoms. The van der Waals surface area contributed by atoms with Gasteiger partial charge in [-0.2, -0.15) is 0 Å². The van der Waals surface area contributed by atoms with Crippen molar-refractivity contribution >= 4 is 17.7 Å². The second-order valence-corrected chi connectivity index (χ2v) is 7.96. The molecule has 1 saturated carbocycles. The summed E-state index contributed by atoms with van der Waals surface area (Å²) in [5, 5.41) is 2.91. The molecular formula is C22H30N2O3. The number of aryl methyl sites for hydroxylation is 3. The summed E-state index contributed by atoms with van der Waals surface area (Å²) in [5.41, 5.74) is 3.86. The van der Waals surface area contributed by atoms with Crippen molar-refractivity contribution in [2.24, 2.45) is 11.8 Å². The van der Waals surface area contributed by atoms with Crippen LogP contribution in [0.15, 0.2) is 18.2 Å². The first-order valence-corrected chi connectivity index (χ1v) is 10.2. The fourth-order valence-electron chi connectivity index (χ4n) is 4.39. The lowest BCUT2D eigenvalue weighted by Crippen LogP contribution is -2.35. The minimum absolute atomic E-state index is 0.0626. The van der Waals surface area contributed by atoms with Crippen molar-refractivity contribution in [3.63, 3.8) is 0 Å². The van der Waals surface area contributed by atoms with E-state index < -0.39 is 0 Å². The third-order valence-electron chi connectivity index (χ3n) is 5.94. The summed E-state index contributed by atoms with van der Waals surface area (Å²) >= 11 is 0. The average Bonchev–Trinajstić information content (AvgIpc) is 2.89. The lowest BCUT2D eigenvalue weighted by atomic mass is 9.81. The second kappa shape index (κ2) is 8.68. The smallest absolute Gasteiger partial charge is 0.233 e. The Hall–Kier alpha value is -2.17. The van der Waals surface area contributed by atoms with Gasteiger partial charge in [-0.3, -0.25) is 19.3 Å². The number of carbonyl (C=O) groups excluding carboxylic acids is 3. The van der Waals surface area contributed by atoms with Gasteiger partial charge in [-0.25, -0.2) is 0 Å². The first kappa shape index (κ1) is 19.6. The highest BCUT2D eigenvalue weighted by molar-refractivity contribution is 6.05. The molecule has 0 radical (unpaired) electrons. The third kappa shape index (κ3) is 4.57. The maximum Gasteiger partial charge on any atom is 0.233 e. The second-order valence-electron chi connectivity index (χ2n) is 7.96. The fraction of sp³-hybridized carbons (Fsp3) is 0.591. The number of hydrogen-bond donors (Lipinski definition) is 1. The Labute approximate surface area is 161 Å². The molecule has 0 aromatic heterocycles. The molecule has 1 aliphatic heterocycles. The van der Waals surface area contributed by atoms with Crippen LogP contribution in [-0.2, 0) is 20.8 Å². The molecule has 3 rings (SSSR count). The Morgan fingerprint density at radius 2 is 1.78 bits per heavy atom. The molecule has 1 saturated heterocycles. The van der Waals surface area contributed by atoms with Crippen molar-refractivity contribution < 1.29 is 14.4 Å². The van der Waals surface area contributed by atoms with E-state index in [0.29, 0.717) is 6.54 Å². The quantitative estimate of drug-likeness (QED) is 0.593. The minimum Gasteiger partial charge on any atom is -0.356 e. The first-order chi connectivity index (χ1) is 13.0. The predicted molar refractivity (Wildman–Crippen MR) is 104 cm³/mol. The molecule has 3 amide bonds. The Morgan fingerprint density at radius 3 is 2.41 bits per heavy atom. The Morgan fingerprint density at radius 1 is 1.11 bits per heavy atom. The van der Waals surface area contributed by atoms with Crippen LogP contribution in [0.2, 0.25) is 0 Å². The van der Waals surface area contributed by atoms with E-state index in [1.54, 1.807) is 0 Å². The number of imide groups is 1. The molecule has 5 nitrogen and oxygen atoms in total. The highest BCUT2D eigenvalue weighted by atomic mass is 16.2. The van der Waals surface area contributed by atoms with Crippen LogP contribution in [-0.4, -0.2) is 35.7 Å². The first-order valence-electron chi connectivity index (χ1n) is 10.2. The van der Waals surface area contributed by atoms with E-state index in [9.17, 15) is 14.4 Å². The molecule has 1 heterocycles. The highest BCUT2D eigenvalue weighted by Crippen LogP contribution is 2.37. The van der Waals surface area contributed by atoms with Crippen molar-refractivity contribution in [2.75, 3.05) is 13.1 Å². The lowest BCUT2D eigenvalue weighted by molar-refractivity contribution is -0.140. The summed E-state index contributed by atoms with van der Waals surface area (Å²) in [6.07, 6.45) is 5.68. The molecule has 1 aromatic rings. The SMILES string of the molecule is Cc1ccc(CCCNC(=O)CCN2C(=O)[C@H]3CCCC[C@@H]3C2=O)c(C)c1. The Kier molecular flexibility index (Phi) is 6.30. The summed E-state index contributed by atoms with van der Waals surface area (Å²) in [6.45, 7) is 5.03. The maximum atomic E-state index is 12.4. The molecule has 27 heavy (non-hydrogen) atoms. The molecule has 146 valence electrons. The predicted octanol–water partition coefficient (Wildman–Crippen LogP) is 2.92. The minimum atomic E-state index is -0.132. The van der Waals surface area contributed by atoms with Crippen molar-refractivity contribution in [3.05, 3.63) is 34.9 Å². The Bertz CT molecular complexity index is 704. The maximum absolute atomic E-state index is 12.4.